The van der Waals surface area contributed by atoms with Crippen molar-refractivity contribution in [3.8, 4) is 0 Å². The van der Waals surface area contributed by atoms with E-state index in [2.05, 4.69) is 20.8 Å². The fourth-order valence-electron chi connectivity index (χ4n) is 3.21. The molecule has 0 amide bonds. The average molecular weight is 375 g/mol. The van der Waals surface area contributed by atoms with Gasteiger partial charge in [0.05, 0.1) is 6.10 Å². The summed E-state index contributed by atoms with van der Waals surface area (Å²) in [6, 6.07) is 0. The largest absolute Gasteiger partial charge is 0.508 e. The Balaban J connectivity index is 0.000000705. The number of ether oxygens (including phenoxy) is 3. The number of Topliss-reactive ketones (excluding diaryl/α,β-unsaturated/α-hetero) is 1. The highest BCUT2D eigenvalue weighted by Gasteiger charge is 2.34. The van der Waals surface area contributed by atoms with Gasteiger partial charge in [-0.25, -0.2) is 4.79 Å². The summed E-state index contributed by atoms with van der Waals surface area (Å²) >= 11 is 1.69. The lowest BCUT2D eigenvalue weighted by Crippen LogP contribution is -2.36. The molecule has 1 aliphatic carbocycles. The lowest BCUT2D eigenvalue weighted by Gasteiger charge is -2.36. The number of rotatable bonds is 4. The van der Waals surface area contributed by atoms with Crippen LogP contribution in [0.5, 0.6) is 0 Å². The molecule has 1 aliphatic heterocycles. The van der Waals surface area contributed by atoms with E-state index in [0.29, 0.717) is 17.8 Å². The van der Waals surface area contributed by atoms with Gasteiger partial charge in [0.1, 0.15) is 23.9 Å². The number of hydrogen-bond donors (Lipinski definition) is 0. The summed E-state index contributed by atoms with van der Waals surface area (Å²) in [5.74, 6) is 2.72. The van der Waals surface area contributed by atoms with E-state index < -0.39 is 6.16 Å². The van der Waals surface area contributed by atoms with Gasteiger partial charge in [-0.05, 0) is 51.4 Å². The third kappa shape index (κ3) is 8.95. The molecule has 0 aromatic carbocycles. The fourth-order valence-corrected chi connectivity index (χ4v) is 4.21. The van der Waals surface area contributed by atoms with Crippen molar-refractivity contribution in [2.24, 2.45) is 17.8 Å². The van der Waals surface area contributed by atoms with Crippen LogP contribution in [0.3, 0.4) is 0 Å². The summed E-state index contributed by atoms with van der Waals surface area (Å²) in [6.07, 6.45) is 3.01. The maximum Gasteiger partial charge on any atom is 0.508 e. The standard InChI is InChI=1S/C16H28O4S.C3H6O/c1-10(2)13-6-5-11(3)7-14(13)20-16(17)18-8-15-19-12(4)9-21-15;1-3(2)4/h10-15H,5-9H2,1-4H3;1-2H3/t11?,12?,13-,14?,15+;/m0./s1. The predicted molar refractivity (Wildman–Crippen MR) is 101 cm³/mol. The molecule has 1 heterocycles. The summed E-state index contributed by atoms with van der Waals surface area (Å²) in [5, 5.41) is 0. The molecular formula is C19H34O5S. The Bertz CT molecular complexity index is 422. The van der Waals surface area contributed by atoms with Crippen molar-refractivity contribution in [3.63, 3.8) is 0 Å². The van der Waals surface area contributed by atoms with E-state index >= 15 is 0 Å². The number of ketones is 1. The first kappa shape index (κ1) is 22.3. The average Bonchev–Trinajstić information content (AvgIpc) is 2.90. The first-order valence-electron chi connectivity index (χ1n) is 9.26. The van der Waals surface area contributed by atoms with Gasteiger partial charge in [0.2, 0.25) is 0 Å². The lowest BCUT2D eigenvalue weighted by atomic mass is 9.75. The zero-order chi connectivity index (χ0) is 19.0. The van der Waals surface area contributed by atoms with Gasteiger partial charge in [-0.2, -0.15) is 0 Å². The molecule has 6 heteroatoms. The van der Waals surface area contributed by atoms with Crippen molar-refractivity contribution in [2.75, 3.05) is 12.4 Å². The van der Waals surface area contributed by atoms with Gasteiger partial charge in [-0.1, -0.05) is 27.2 Å². The van der Waals surface area contributed by atoms with Gasteiger partial charge in [-0.3, -0.25) is 0 Å². The Hall–Kier alpha value is -0.750. The Morgan fingerprint density at radius 3 is 2.36 bits per heavy atom. The molecule has 0 bridgehead atoms. The zero-order valence-corrected chi connectivity index (χ0v) is 17.3. The number of thioether (sulfide) groups is 1. The maximum absolute atomic E-state index is 11.9. The summed E-state index contributed by atoms with van der Waals surface area (Å²) in [6.45, 7) is 12.0. The summed E-state index contributed by atoms with van der Waals surface area (Å²) in [4.78, 5) is 21.4. The van der Waals surface area contributed by atoms with Gasteiger partial charge in [0, 0.05) is 5.75 Å². The Morgan fingerprint density at radius 1 is 1.20 bits per heavy atom. The van der Waals surface area contributed by atoms with Crippen LogP contribution in [0.4, 0.5) is 4.79 Å². The molecule has 2 rings (SSSR count). The summed E-state index contributed by atoms with van der Waals surface area (Å²) < 4.78 is 16.4. The fraction of sp³-hybridized carbons (Fsp3) is 0.895. The molecule has 2 fully saturated rings. The van der Waals surface area contributed by atoms with Crippen LogP contribution in [0.1, 0.15) is 60.8 Å². The predicted octanol–water partition coefficient (Wildman–Crippen LogP) is 4.67. The smallest absolute Gasteiger partial charge is 0.431 e. The van der Waals surface area contributed by atoms with E-state index in [9.17, 15) is 9.59 Å². The van der Waals surface area contributed by atoms with Crippen molar-refractivity contribution >= 4 is 23.7 Å². The van der Waals surface area contributed by atoms with E-state index in [-0.39, 0.29) is 30.0 Å². The first-order chi connectivity index (χ1) is 11.7. The molecule has 1 saturated heterocycles. The second-order valence-corrected chi connectivity index (χ2v) is 8.85. The first-order valence-corrected chi connectivity index (χ1v) is 10.3. The van der Waals surface area contributed by atoms with E-state index in [1.54, 1.807) is 11.8 Å². The Morgan fingerprint density at radius 2 is 1.84 bits per heavy atom. The molecule has 0 spiro atoms. The third-order valence-corrected chi connectivity index (χ3v) is 5.73. The molecule has 0 N–H and O–H groups in total. The van der Waals surface area contributed by atoms with Crippen LogP contribution in [0.2, 0.25) is 0 Å². The molecule has 5 nitrogen and oxygen atoms in total. The van der Waals surface area contributed by atoms with Crippen molar-refractivity contribution in [1.29, 1.82) is 0 Å². The second kappa shape index (κ2) is 11.1. The SMILES string of the molecule is CC(C)=O.CC1CC[C@@H](C(C)C)C(OC(=O)OC[C@@H]2OC(C)CS2)C1. The van der Waals surface area contributed by atoms with Gasteiger partial charge in [-0.15, -0.1) is 11.8 Å². The van der Waals surface area contributed by atoms with Gasteiger partial charge in [0.15, 0.2) is 0 Å². The highest BCUT2D eigenvalue weighted by molar-refractivity contribution is 8.00. The minimum absolute atomic E-state index is 0.00248. The van der Waals surface area contributed by atoms with Gasteiger partial charge < -0.3 is 19.0 Å². The van der Waals surface area contributed by atoms with Crippen LogP contribution in [0.25, 0.3) is 0 Å². The zero-order valence-electron chi connectivity index (χ0n) is 16.4. The maximum atomic E-state index is 11.9. The summed E-state index contributed by atoms with van der Waals surface area (Å²) in [7, 11) is 0. The molecule has 1 saturated carbocycles. The highest BCUT2D eigenvalue weighted by atomic mass is 32.2. The van der Waals surface area contributed by atoms with Gasteiger partial charge in [0.25, 0.3) is 0 Å². The van der Waals surface area contributed by atoms with Crippen LogP contribution < -0.4 is 0 Å². The molecular weight excluding hydrogens is 340 g/mol. The van der Waals surface area contributed by atoms with Crippen LogP contribution in [-0.4, -0.2) is 41.9 Å². The lowest BCUT2D eigenvalue weighted by molar-refractivity contribution is -0.115. The molecule has 3 unspecified atom stereocenters. The molecule has 0 radical (unpaired) electrons. The molecule has 0 aromatic heterocycles. The highest BCUT2D eigenvalue weighted by Crippen LogP contribution is 2.35. The Kier molecular flexibility index (Phi) is 9.87. The van der Waals surface area contributed by atoms with Crippen molar-refractivity contribution in [2.45, 2.75) is 78.4 Å². The van der Waals surface area contributed by atoms with E-state index in [0.717, 1.165) is 18.6 Å². The Labute approximate surface area is 156 Å². The van der Waals surface area contributed by atoms with E-state index in [1.165, 1.54) is 20.3 Å². The number of carbonyl (C=O) groups is 2. The molecule has 2 aliphatic rings. The molecule has 0 aromatic rings. The van der Waals surface area contributed by atoms with Crippen LogP contribution in [0, 0.1) is 17.8 Å². The monoisotopic (exact) mass is 374 g/mol. The normalized spacial score (nSPS) is 31.9. The molecule has 25 heavy (non-hydrogen) atoms. The number of carbonyl (C=O) groups excluding carboxylic acids is 2. The van der Waals surface area contributed by atoms with E-state index in [1.807, 2.05) is 6.92 Å². The molecule has 5 atom stereocenters. The second-order valence-electron chi connectivity index (χ2n) is 7.66. The number of hydrogen-bond acceptors (Lipinski definition) is 6. The van der Waals surface area contributed by atoms with Gasteiger partial charge >= 0.3 is 6.16 Å². The van der Waals surface area contributed by atoms with Crippen molar-refractivity contribution < 1.29 is 23.8 Å². The van der Waals surface area contributed by atoms with Crippen LogP contribution in [0.15, 0.2) is 0 Å². The minimum Gasteiger partial charge on any atom is -0.431 e. The van der Waals surface area contributed by atoms with Crippen LogP contribution >= 0.6 is 11.8 Å². The topological polar surface area (TPSA) is 61.8 Å². The van der Waals surface area contributed by atoms with Crippen LogP contribution in [-0.2, 0) is 19.0 Å². The quantitative estimate of drug-likeness (QED) is 0.666. The minimum atomic E-state index is -0.538. The third-order valence-electron chi connectivity index (χ3n) is 4.45. The van der Waals surface area contributed by atoms with Crippen molar-refractivity contribution in [3.05, 3.63) is 0 Å². The summed E-state index contributed by atoms with van der Waals surface area (Å²) in [5.41, 5.74) is -0.0428. The molecule has 146 valence electrons. The van der Waals surface area contributed by atoms with E-state index in [4.69, 9.17) is 14.2 Å². The van der Waals surface area contributed by atoms with Crippen molar-refractivity contribution in [1.82, 2.24) is 0 Å².